The van der Waals surface area contributed by atoms with Crippen molar-refractivity contribution in [3.8, 4) is 0 Å². The summed E-state index contributed by atoms with van der Waals surface area (Å²) in [6.45, 7) is 5.68. The number of rotatable bonds is 2. The van der Waals surface area contributed by atoms with Gasteiger partial charge in [-0.3, -0.25) is 0 Å². The third-order valence-electron chi connectivity index (χ3n) is 4.14. The highest BCUT2D eigenvalue weighted by Gasteiger charge is 2.40. The summed E-state index contributed by atoms with van der Waals surface area (Å²) in [6.07, 6.45) is -4.48. The molecule has 0 spiro atoms. The number of fused-ring (bicyclic) bond motifs is 1. The summed E-state index contributed by atoms with van der Waals surface area (Å²) in [7, 11) is -4.31. The van der Waals surface area contributed by atoms with Gasteiger partial charge in [0.1, 0.15) is 5.76 Å². The number of oxazole rings is 1. The van der Waals surface area contributed by atoms with E-state index in [9.17, 15) is 21.6 Å². The van der Waals surface area contributed by atoms with Crippen LogP contribution in [-0.4, -0.2) is 24.3 Å². The first-order chi connectivity index (χ1) is 11.9. The fourth-order valence-corrected chi connectivity index (χ4v) is 4.38. The van der Waals surface area contributed by atoms with Crippen LogP contribution in [0.4, 0.5) is 13.2 Å². The van der Waals surface area contributed by atoms with E-state index in [4.69, 9.17) is 4.42 Å². The molecule has 26 heavy (non-hydrogen) atoms. The van der Waals surface area contributed by atoms with Crippen LogP contribution in [-0.2, 0) is 34.6 Å². The summed E-state index contributed by atoms with van der Waals surface area (Å²) in [6, 6.07) is 4.21. The van der Waals surface area contributed by atoms with Gasteiger partial charge in [0.15, 0.2) is 5.89 Å². The Morgan fingerprint density at radius 1 is 1.15 bits per heavy atom. The molecule has 2 heterocycles. The SMILES string of the molecule is CC(C)(C)c1nc2c(o1)CCN(S(=O)(=O)c1ccccc1C(F)(F)F)C2. The van der Waals surface area contributed by atoms with Crippen molar-refractivity contribution in [2.75, 3.05) is 6.54 Å². The molecule has 0 bridgehead atoms. The zero-order valence-corrected chi connectivity index (χ0v) is 15.4. The quantitative estimate of drug-likeness (QED) is 0.786. The molecule has 3 rings (SSSR count). The Morgan fingerprint density at radius 2 is 1.81 bits per heavy atom. The predicted octanol–water partition coefficient (Wildman–Crippen LogP) is 3.74. The van der Waals surface area contributed by atoms with Gasteiger partial charge in [0.05, 0.1) is 22.7 Å². The summed E-state index contributed by atoms with van der Waals surface area (Å²) in [4.78, 5) is 3.62. The number of hydrogen-bond donors (Lipinski definition) is 0. The highest BCUT2D eigenvalue weighted by Crippen LogP contribution is 2.36. The predicted molar refractivity (Wildman–Crippen MR) is 87.9 cm³/mol. The summed E-state index contributed by atoms with van der Waals surface area (Å²) in [5, 5.41) is 0. The first-order valence-corrected chi connectivity index (χ1v) is 9.50. The molecule has 1 aromatic carbocycles. The molecule has 0 unspecified atom stereocenters. The molecule has 1 aromatic heterocycles. The number of aromatic nitrogens is 1. The van der Waals surface area contributed by atoms with Crippen LogP contribution in [0.15, 0.2) is 33.6 Å². The molecule has 0 atom stereocenters. The van der Waals surface area contributed by atoms with Gasteiger partial charge < -0.3 is 4.42 Å². The first-order valence-electron chi connectivity index (χ1n) is 8.06. The lowest BCUT2D eigenvalue weighted by atomic mass is 9.97. The second-order valence-corrected chi connectivity index (χ2v) is 9.13. The van der Waals surface area contributed by atoms with Gasteiger partial charge >= 0.3 is 6.18 Å². The van der Waals surface area contributed by atoms with Crippen molar-refractivity contribution in [2.45, 2.75) is 50.2 Å². The van der Waals surface area contributed by atoms with E-state index >= 15 is 0 Å². The van der Waals surface area contributed by atoms with Crippen LogP contribution in [0.25, 0.3) is 0 Å². The zero-order valence-electron chi connectivity index (χ0n) is 14.6. The Labute approximate surface area is 149 Å². The van der Waals surface area contributed by atoms with Crippen LogP contribution in [0.5, 0.6) is 0 Å². The lowest BCUT2D eigenvalue weighted by Crippen LogP contribution is -2.36. The van der Waals surface area contributed by atoms with E-state index in [1.807, 2.05) is 20.8 Å². The molecule has 1 aliphatic rings. The van der Waals surface area contributed by atoms with Crippen LogP contribution in [0, 0.1) is 0 Å². The van der Waals surface area contributed by atoms with Crippen LogP contribution in [0.1, 0.15) is 43.7 Å². The number of hydrogen-bond acceptors (Lipinski definition) is 4. The van der Waals surface area contributed by atoms with Crippen molar-refractivity contribution in [2.24, 2.45) is 0 Å². The maximum absolute atomic E-state index is 13.2. The number of sulfonamides is 1. The Balaban J connectivity index is 1.97. The minimum atomic E-state index is -4.75. The summed E-state index contributed by atoms with van der Waals surface area (Å²) in [5.41, 5.74) is -1.06. The van der Waals surface area contributed by atoms with E-state index in [2.05, 4.69) is 4.98 Å². The number of benzene rings is 1. The van der Waals surface area contributed by atoms with Crippen molar-refractivity contribution in [1.82, 2.24) is 9.29 Å². The molecule has 0 aliphatic carbocycles. The van der Waals surface area contributed by atoms with Gasteiger partial charge in [0.2, 0.25) is 10.0 Å². The van der Waals surface area contributed by atoms with Gasteiger partial charge in [0, 0.05) is 18.4 Å². The monoisotopic (exact) mass is 388 g/mol. The largest absolute Gasteiger partial charge is 0.445 e. The smallest absolute Gasteiger partial charge is 0.417 e. The molecule has 0 saturated carbocycles. The minimum absolute atomic E-state index is 0.0420. The maximum Gasteiger partial charge on any atom is 0.417 e. The Bertz CT molecular complexity index is 927. The van der Waals surface area contributed by atoms with E-state index in [1.165, 1.54) is 12.1 Å². The average molecular weight is 388 g/mol. The maximum atomic E-state index is 13.2. The van der Waals surface area contributed by atoms with Gasteiger partial charge in [0.25, 0.3) is 0 Å². The lowest BCUT2D eigenvalue weighted by molar-refractivity contribution is -0.139. The summed E-state index contributed by atoms with van der Waals surface area (Å²) < 4.78 is 72.0. The lowest BCUT2D eigenvalue weighted by Gasteiger charge is -2.26. The van der Waals surface area contributed by atoms with E-state index in [-0.39, 0.29) is 24.9 Å². The van der Waals surface area contributed by atoms with Gasteiger partial charge in [-0.25, -0.2) is 13.4 Å². The van der Waals surface area contributed by atoms with Crippen LogP contribution in [0.3, 0.4) is 0 Å². The van der Waals surface area contributed by atoms with Gasteiger partial charge in [-0.1, -0.05) is 32.9 Å². The third-order valence-corrected chi connectivity index (χ3v) is 6.05. The molecule has 5 nitrogen and oxygen atoms in total. The molecule has 0 N–H and O–H groups in total. The van der Waals surface area contributed by atoms with Crippen LogP contribution < -0.4 is 0 Å². The molecular weight excluding hydrogens is 369 g/mol. The van der Waals surface area contributed by atoms with E-state index in [0.717, 1.165) is 16.4 Å². The molecule has 0 saturated heterocycles. The van der Waals surface area contributed by atoms with E-state index in [0.29, 0.717) is 17.3 Å². The van der Waals surface area contributed by atoms with Crippen molar-refractivity contribution >= 4 is 10.0 Å². The Kier molecular flexibility index (Phi) is 4.43. The van der Waals surface area contributed by atoms with Crippen LogP contribution in [0.2, 0.25) is 0 Å². The fourth-order valence-electron chi connectivity index (χ4n) is 2.77. The van der Waals surface area contributed by atoms with Crippen molar-refractivity contribution in [3.05, 3.63) is 47.2 Å². The molecule has 142 valence electrons. The van der Waals surface area contributed by atoms with Crippen molar-refractivity contribution < 1.29 is 26.0 Å². The molecule has 0 radical (unpaired) electrons. The third kappa shape index (κ3) is 3.37. The zero-order chi connectivity index (χ0) is 19.3. The standard InChI is InChI=1S/C17H19F3N2O3S/c1-16(2,3)15-21-12-10-22(9-8-13(12)25-15)26(23,24)14-7-5-4-6-11(14)17(18,19)20/h4-7H,8-10H2,1-3H3. The second kappa shape index (κ2) is 6.09. The first kappa shape index (κ1) is 18.9. The van der Waals surface area contributed by atoms with Crippen LogP contribution >= 0.6 is 0 Å². The Morgan fingerprint density at radius 3 is 2.42 bits per heavy atom. The van der Waals surface area contributed by atoms with Gasteiger partial charge in [-0.05, 0) is 12.1 Å². The molecule has 2 aromatic rings. The van der Waals surface area contributed by atoms with Crippen molar-refractivity contribution in [3.63, 3.8) is 0 Å². The average Bonchev–Trinajstić information content (AvgIpc) is 2.97. The normalized spacial score (nSPS) is 16.5. The second-order valence-electron chi connectivity index (χ2n) is 7.22. The number of alkyl halides is 3. The minimum Gasteiger partial charge on any atom is -0.445 e. The van der Waals surface area contributed by atoms with Crippen molar-refractivity contribution in [1.29, 1.82) is 0 Å². The summed E-state index contributed by atoms with van der Waals surface area (Å²) in [5.74, 6) is 1.07. The highest BCUT2D eigenvalue weighted by molar-refractivity contribution is 7.89. The topological polar surface area (TPSA) is 63.4 Å². The highest BCUT2D eigenvalue weighted by atomic mass is 32.2. The van der Waals surface area contributed by atoms with Gasteiger partial charge in [-0.2, -0.15) is 17.5 Å². The van der Waals surface area contributed by atoms with E-state index < -0.39 is 26.7 Å². The number of halogens is 3. The molecule has 0 amide bonds. The molecule has 1 aliphatic heterocycles. The van der Waals surface area contributed by atoms with Gasteiger partial charge in [-0.15, -0.1) is 0 Å². The Hall–Kier alpha value is -1.87. The molecular formula is C17H19F3N2O3S. The molecule has 9 heteroatoms. The molecule has 0 fully saturated rings. The van der Waals surface area contributed by atoms with E-state index in [1.54, 1.807) is 0 Å². The fraction of sp³-hybridized carbons (Fsp3) is 0.471. The summed E-state index contributed by atoms with van der Waals surface area (Å²) >= 11 is 0. The number of nitrogens with zero attached hydrogens (tertiary/aromatic N) is 2.